The van der Waals surface area contributed by atoms with E-state index < -0.39 is 17.5 Å². The van der Waals surface area contributed by atoms with Gasteiger partial charge in [-0.15, -0.1) is 0 Å². The van der Waals surface area contributed by atoms with Crippen LogP contribution in [0.2, 0.25) is 5.02 Å². The van der Waals surface area contributed by atoms with Crippen molar-refractivity contribution in [2.45, 2.75) is 24.5 Å². The van der Waals surface area contributed by atoms with Gasteiger partial charge in [-0.1, -0.05) is 17.7 Å². The third-order valence-electron chi connectivity index (χ3n) is 3.71. The van der Waals surface area contributed by atoms with Crippen LogP contribution in [-0.2, 0) is 9.47 Å². The zero-order valence-electron chi connectivity index (χ0n) is 10.6. The van der Waals surface area contributed by atoms with Gasteiger partial charge in [0.05, 0.1) is 16.7 Å². The van der Waals surface area contributed by atoms with Crippen LogP contribution < -0.4 is 5.73 Å². The highest BCUT2D eigenvalue weighted by atomic mass is 79.9. The number of nitrogens with two attached hydrogens (primary N) is 1. The van der Waals surface area contributed by atoms with E-state index in [1.165, 1.54) is 0 Å². The van der Waals surface area contributed by atoms with Crippen LogP contribution >= 0.6 is 27.5 Å². The summed E-state index contributed by atoms with van der Waals surface area (Å²) < 4.78 is 25.7. The lowest BCUT2D eigenvalue weighted by Gasteiger charge is -2.40. The van der Waals surface area contributed by atoms with Gasteiger partial charge in [0.25, 0.3) is 0 Å². The molecule has 1 aromatic rings. The first-order valence-electron chi connectivity index (χ1n) is 6.04. The summed E-state index contributed by atoms with van der Waals surface area (Å²) >= 11 is 9.10. The predicted molar refractivity (Wildman–Crippen MR) is 75.8 cm³/mol. The second-order valence-electron chi connectivity index (χ2n) is 4.62. The summed E-state index contributed by atoms with van der Waals surface area (Å²) in [7, 11) is 1.60. The van der Waals surface area contributed by atoms with Gasteiger partial charge in [-0.05, 0) is 22.0 Å². The summed E-state index contributed by atoms with van der Waals surface area (Å²) in [6.07, 6.45) is 1.27. The number of ether oxygens (including phenoxy) is 2. The molecule has 2 N–H and O–H groups in total. The highest BCUT2D eigenvalue weighted by Crippen LogP contribution is 2.39. The molecule has 1 fully saturated rings. The van der Waals surface area contributed by atoms with Crippen molar-refractivity contribution < 1.29 is 13.9 Å². The number of hydrogen-bond donors (Lipinski definition) is 1. The fraction of sp³-hybridized carbons (Fsp3) is 0.538. The molecular formula is C13H16BrClFNO2. The normalized spacial score (nSPS) is 20.3. The Morgan fingerprint density at radius 2 is 2.11 bits per heavy atom. The maximum Gasteiger partial charge on any atom is 0.147 e. The first-order chi connectivity index (χ1) is 9.02. The van der Waals surface area contributed by atoms with Crippen molar-refractivity contribution in [2.24, 2.45) is 5.73 Å². The zero-order chi connectivity index (χ0) is 14.0. The van der Waals surface area contributed by atoms with Gasteiger partial charge in [-0.25, -0.2) is 4.39 Å². The Kier molecular flexibility index (Phi) is 4.84. The van der Waals surface area contributed by atoms with E-state index in [2.05, 4.69) is 15.9 Å². The Labute approximate surface area is 125 Å². The van der Waals surface area contributed by atoms with E-state index in [9.17, 15) is 4.39 Å². The van der Waals surface area contributed by atoms with Crippen LogP contribution in [0.3, 0.4) is 0 Å². The average Bonchev–Trinajstić information content (AvgIpc) is 2.45. The van der Waals surface area contributed by atoms with Gasteiger partial charge in [-0.2, -0.15) is 0 Å². The minimum Gasteiger partial charge on any atom is -0.381 e. The van der Waals surface area contributed by atoms with E-state index in [1.807, 2.05) is 0 Å². The molecule has 0 bridgehead atoms. The molecule has 1 aliphatic rings. The molecule has 19 heavy (non-hydrogen) atoms. The van der Waals surface area contributed by atoms with Crippen LogP contribution in [0.15, 0.2) is 16.6 Å². The summed E-state index contributed by atoms with van der Waals surface area (Å²) in [5.74, 6) is -0.494. The Hall–Kier alpha value is -0.200. The quantitative estimate of drug-likeness (QED) is 0.848. The van der Waals surface area contributed by atoms with E-state index in [0.717, 1.165) is 0 Å². The minimum atomic E-state index is -0.601. The Morgan fingerprint density at radius 1 is 1.47 bits per heavy atom. The molecule has 1 unspecified atom stereocenters. The van der Waals surface area contributed by atoms with Crippen molar-refractivity contribution in [3.8, 4) is 0 Å². The van der Waals surface area contributed by atoms with E-state index in [4.69, 9.17) is 26.8 Å². The molecule has 1 saturated heterocycles. The molecule has 106 valence electrons. The van der Waals surface area contributed by atoms with Gasteiger partial charge >= 0.3 is 0 Å². The number of hydrogen-bond acceptors (Lipinski definition) is 3. The zero-order valence-corrected chi connectivity index (χ0v) is 12.9. The monoisotopic (exact) mass is 351 g/mol. The third-order valence-corrected chi connectivity index (χ3v) is 4.97. The fourth-order valence-corrected chi connectivity index (χ4v) is 2.90. The highest BCUT2D eigenvalue weighted by molar-refractivity contribution is 9.10. The van der Waals surface area contributed by atoms with Crippen molar-refractivity contribution in [3.05, 3.63) is 33.0 Å². The standard InChI is InChI=1S/C13H16BrClFNO2/c1-18-13(4-6-19-7-5-13)12(17)8-2-3-9(14)10(15)11(8)16/h2-3,12H,4-7,17H2,1H3. The average molecular weight is 353 g/mol. The van der Waals surface area contributed by atoms with Gasteiger partial charge in [0.15, 0.2) is 0 Å². The number of halogens is 3. The van der Waals surface area contributed by atoms with Gasteiger partial charge in [-0.3, -0.25) is 0 Å². The molecule has 0 aromatic heterocycles. The molecule has 0 amide bonds. The Balaban J connectivity index is 2.37. The lowest BCUT2D eigenvalue weighted by atomic mass is 9.82. The summed E-state index contributed by atoms with van der Waals surface area (Å²) in [6, 6.07) is 2.77. The highest BCUT2D eigenvalue weighted by Gasteiger charge is 2.40. The SMILES string of the molecule is COC1(C(N)c2ccc(Br)c(Cl)c2F)CCOCC1. The van der Waals surface area contributed by atoms with Crippen molar-refractivity contribution in [1.29, 1.82) is 0 Å². The van der Waals surface area contributed by atoms with E-state index in [-0.39, 0.29) is 5.02 Å². The summed E-state index contributed by atoms with van der Waals surface area (Å²) in [5, 5.41) is 0.0475. The molecule has 1 heterocycles. The molecule has 0 spiro atoms. The van der Waals surface area contributed by atoms with Crippen molar-refractivity contribution in [2.75, 3.05) is 20.3 Å². The summed E-state index contributed by atoms with van der Waals surface area (Å²) in [5.41, 5.74) is 6.01. The lowest BCUT2D eigenvalue weighted by molar-refractivity contribution is -0.105. The van der Waals surface area contributed by atoms with Crippen LogP contribution in [0.25, 0.3) is 0 Å². The predicted octanol–water partition coefficient (Wildman–Crippen LogP) is 3.44. The van der Waals surface area contributed by atoms with Gasteiger partial charge in [0, 0.05) is 43.2 Å². The molecule has 6 heteroatoms. The number of rotatable bonds is 3. The van der Waals surface area contributed by atoms with Gasteiger partial charge in [0.1, 0.15) is 5.82 Å². The molecular weight excluding hydrogens is 337 g/mol. The summed E-state index contributed by atoms with van der Waals surface area (Å²) in [4.78, 5) is 0. The smallest absolute Gasteiger partial charge is 0.147 e. The number of methoxy groups -OCH3 is 1. The van der Waals surface area contributed by atoms with Gasteiger partial charge in [0.2, 0.25) is 0 Å². The number of benzene rings is 1. The molecule has 3 nitrogen and oxygen atoms in total. The first-order valence-corrected chi connectivity index (χ1v) is 7.21. The van der Waals surface area contributed by atoms with Crippen LogP contribution in [-0.4, -0.2) is 25.9 Å². The Morgan fingerprint density at radius 3 is 2.68 bits per heavy atom. The second kappa shape index (κ2) is 6.06. The first kappa shape index (κ1) is 15.2. The molecule has 1 atom stereocenters. The molecule has 0 aliphatic carbocycles. The van der Waals surface area contributed by atoms with E-state index in [0.29, 0.717) is 36.1 Å². The molecule has 2 rings (SSSR count). The topological polar surface area (TPSA) is 44.5 Å². The van der Waals surface area contributed by atoms with Crippen LogP contribution in [0.5, 0.6) is 0 Å². The van der Waals surface area contributed by atoms with Gasteiger partial charge < -0.3 is 15.2 Å². The van der Waals surface area contributed by atoms with E-state index >= 15 is 0 Å². The minimum absolute atomic E-state index is 0.0475. The molecule has 0 saturated carbocycles. The second-order valence-corrected chi connectivity index (χ2v) is 5.86. The maximum absolute atomic E-state index is 14.2. The lowest BCUT2D eigenvalue weighted by Crippen LogP contribution is -2.47. The molecule has 1 aromatic carbocycles. The van der Waals surface area contributed by atoms with Crippen molar-refractivity contribution >= 4 is 27.5 Å². The molecule has 1 aliphatic heterocycles. The third kappa shape index (κ3) is 2.81. The van der Waals surface area contributed by atoms with Crippen molar-refractivity contribution in [1.82, 2.24) is 0 Å². The fourth-order valence-electron chi connectivity index (χ4n) is 2.42. The Bertz CT molecular complexity index is 466. The van der Waals surface area contributed by atoms with Crippen LogP contribution in [0.1, 0.15) is 24.4 Å². The van der Waals surface area contributed by atoms with Crippen molar-refractivity contribution in [3.63, 3.8) is 0 Å². The van der Waals surface area contributed by atoms with Crippen LogP contribution in [0.4, 0.5) is 4.39 Å². The van der Waals surface area contributed by atoms with E-state index in [1.54, 1.807) is 19.2 Å². The summed E-state index contributed by atoms with van der Waals surface area (Å²) in [6.45, 7) is 1.13. The van der Waals surface area contributed by atoms with Crippen LogP contribution in [0, 0.1) is 5.82 Å². The molecule has 0 radical (unpaired) electrons. The largest absolute Gasteiger partial charge is 0.381 e. The maximum atomic E-state index is 14.2.